The van der Waals surface area contributed by atoms with E-state index >= 15 is 0 Å². The summed E-state index contributed by atoms with van der Waals surface area (Å²) in [6.45, 7) is 0. The van der Waals surface area contributed by atoms with Crippen LogP contribution in [0.4, 0.5) is 0 Å². The molecule has 0 bridgehead atoms. The van der Waals surface area contributed by atoms with Crippen molar-refractivity contribution >= 4 is 49.6 Å². The van der Waals surface area contributed by atoms with E-state index in [2.05, 4.69) is 16.8 Å². The Morgan fingerprint density at radius 2 is 2.17 bits per heavy atom. The highest BCUT2D eigenvalue weighted by Crippen LogP contribution is 2.30. The van der Waals surface area contributed by atoms with Crippen LogP contribution in [0.15, 0.2) is 17.5 Å². The van der Waals surface area contributed by atoms with Crippen molar-refractivity contribution in [3.63, 3.8) is 0 Å². The Kier molecular flexibility index (Phi) is 3.59. The lowest BCUT2D eigenvalue weighted by Gasteiger charge is -2.27. The van der Waals surface area contributed by atoms with E-state index in [0.29, 0.717) is 0 Å². The Bertz CT molecular complexity index is 534. The first-order valence-corrected chi connectivity index (χ1v) is 8.29. The summed E-state index contributed by atoms with van der Waals surface area (Å²) in [5.74, 6) is 0.0287. The Balaban J connectivity index is 1.72. The standard InChI is InChI=1S/C13H14ClNOS2/c14-8-3-1-2-4-9(8)15-13(16)12-7-11-10(18-12)5-6-17-11/h5-9H,1-4H2,(H,15,16). The van der Waals surface area contributed by atoms with Crippen molar-refractivity contribution < 1.29 is 4.79 Å². The molecule has 2 aromatic heterocycles. The summed E-state index contributed by atoms with van der Waals surface area (Å²) in [6.07, 6.45) is 4.34. The second-order valence-corrected chi connectivity index (χ2v) is 7.23. The molecule has 5 heteroatoms. The lowest BCUT2D eigenvalue weighted by atomic mass is 9.95. The molecule has 1 amide bonds. The number of halogens is 1. The van der Waals surface area contributed by atoms with E-state index in [4.69, 9.17) is 11.6 Å². The van der Waals surface area contributed by atoms with Gasteiger partial charge in [0, 0.05) is 15.4 Å². The zero-order valence-electron chi connectivity index (χ0n) is 9.82. The summed E-state index contributed by atoms with van der Waals surface area (Å²) in [7, 11) is 0. The van der Waals surface area contributed by atoms with Crippen LogP contribution in [0.5, 0.6) is 0 Å². The number of alkyl halides is 1. The molecule has 2 unspecified atom stereocenters. The minimum atomic E-state index is 0.0287. The van der Waals surface area contributed by atoms with Crippen LogP contribution >= 0.6 is 34.3 Å². The van der Waals surface area contributed by atoms with Crippen molar-refractivity contribution in [1.29, 1.82) is 0 Å². The number of nitrogens with one attached hydrogen (secondary N) is 1. The molecule has 1 aliphatic carbocycles. The minimum absolute atomic E-state index is 0.0287. The maximum absolute atomic E-state index is 12.2. The van der Waals surface area contributed by atoms with Gasteiger partial charge in [-0.3, -0.25) is 4.79 Å². The van der Waals surface area contributed by atoms with E-state index in [0.717, 1.165) is 24.1 Å². The second-order valence-electron chi connectivity index (χ2n) is 4.64. The summed E-state index contributed by atoms with van der Waals surface area (Å²) < 4.78 is 2.38. The van der Waals surface area contributed by atoms with Crippen LogP contribution in [0.1, 0.15) is 35.4 Å². The largest absolute Gasteiger partial charge is 0.347 e. The topological polar surface area (TPSA) is 29.1 Å². The fourth-order valence-corrected chi connectivity index (χ4v) is 4.72. The highest BCUT2D eigenvalue weighted by molar-refractivity contribution is 7.27. The summed E-state index contributed by atoms with van der Waals surface area (Å²) in [5, 5.41) is 5.22. The molecule has 96 valence electrons. The van der Waals surface area contributed by atoms with Crippen LogP contribution in [-0.2, 0) is 0 Å². The van der Waals surface area contributed by atoms with Crippen LogP contribution in [0.2, 0.25) is 0 Å². The van der Waals surface area contributed by atoms with Gasteiger partial charge in [0.25, 0.3) is 5.91 Å². The normalized spacial score (nSPS) is 24.3. The number of carbonyl (C=O) groups excluding carboxylic acids is 1. The lowest BCUT2D eigenvalue weighted by molar-refractivity contribution is 0.0933. The molecule has 1 saturated carbocycles. The van der Waals surface area contributed by atoms with Gasteiger partial charge in [0.1, 0.15) is 0 Å². The van der Waals surface area contributed by atoms with Crippen LogP contribution in [-0.4, -0.2) is 17.3 Å². The molecular formula is C13H14ClNOS2. The maximum Gasteiger partial charge on any atom is 0.261 e. The lowest BCUT2D eigenvalue weighted by Crippen LogP contribution is -2.42. The smallest absolute Gasteiger partial charge is 0.261 e. The van der Waals surface area contributed by atoms with Gasteiger partial charge in [-0.25, -0.2) is 0 Å². The van der Waals surface area contributed by atoms with Crippen molar-refractivity contribution in [2.75, 3.05) is 0 Å². The molecule has 2 nitrogen and oxygen atoms in total. The van der Waals surface area contributed by atoms with Crippen molar-refractivity contribution in [3.8, 4) is 0 Å². The van der Waals surface area contributed by atoms with Crippen LogP contribution in [0.3, 0.4) is 0 Å². The van der Waals surface area contributed by atoms with Crippen molar-refractivity contribution in [2.45, 2.75) is 37.1 Å². The van der Waals surface area contributed by atoms with Gasteiger partial charge in [0.15, 0.2) is 0 Å². The first-order valence-electron chi connectivity index (χ1n) is 6.16. The zero-order chi connectivity index (χ0) is 12.5. The molecule has 0 spiro atoms. The molecule has 0 aliphatic heterocycles. The van der Waals surface area contributed by atoms with Crippen LogP contribution < -0.4 is 5.32 Å². The van der Waals surface area contributed by atoms with E-state index < -0.39 is 0 Å². The molecule has 3 rings (SSSR count). The molecular weight excluding hydrogens is 286 g/mol. The van der Waals surface area contributed by atoms with Gasteiger partial charge in [-0.2, -0.15) is 0 Å². The predicted octanol–water partition coefficient (Wildman–Crippen LogP) is 4.24. The number of hydrogen-bond acceptors (Lipinski definition) is 3. The molecule has 0 radical (unpaired) electrons. The quantitative estimate of drug-likeness (QED) is 0.826. The minimum Gasteiger partial charge on any atom is -0.347 e. The molecule has 2 heterocycles. The van der Waals surface area contributed by atoms with Crippen molar-refractivity contribution in [3.05, 3.63) is 22.4 Å². The van der Waals surface area contributed by atoms with Crippen LogP contribution in [0, 0.1) is 0 Å². The van der Waals surface area contributed by atoms with E-state index in [1.54, 1.807) is 22.7 Å². The highest BCUT2D eigenvalue weighted by atomic mass is 35.5. The average Bonchev–Trinajstić information content (AvgIpc) is 2.92. The number of carbonyl (C=O) groups is 1. The van der Waals surface area contributed by atoms with E-state index in [9.17, 15) is 4.79 Å². The van der Waals surface area contributed by atoms with Gasteiger partial charge in [-0.1, -0.05) is 12.8 Å². The molecule has 2 atom stereocenters. The Morgan fingerprint density at radius 3 is 2.94 bits per heavy atom. The van der Waals surface area contributed by atoms with Gasteiger partial charge >= 0.3 is 0 Å². The van der Waals surface area contributed by atoms with Gasteiger partial charge in [-0.05, 0) is 30.4 Å². The second kappa shape index (κ2) is 5.19. The third-order valence-electron chi connectivity index (χ3n) is 3.36. The molecule has 0 saturated heterocycles. The van der Waals surface area contributed by atoms with Gasteiger partial charge < -0.3 is 5.32 Å². The van der Waals surface area contributed by atoms with Gasteiger partial charge in [0.2, 0.25) is 0 Å². The number of hydrogen-bond donors (Lipinski definition) is 1. The summed E-state index contributed by atoms with van der Waals surface area (Å²) >= 11 is 9.50. The first kappa shape index (κ1) is 12.5. The van der Waals surface area contributed by atoms with Crippen molar-refractivity contribution in [2.24, 2.45) is 0 Å². The number of rotatable bonds is 2. The van der Waals surface area contributed by atoms with E-state index in [-0.39, 0.29) is 17.3 Å². The average molecular weight is 300 g/mol. The third-order valence-corrected chi connectivity index (χ3v) is 5.98. The Labute approximate surface area is 119 Å². The molecule has 1 N–H and O–H groups in total. The molecule has 0 aromatic carbocycles. The SMILES string of the molecule is O=C(NC1CCCCC1Cl)c1cc2sccc2s1. The van der Waals surface area contributed by atoms with Crippen molar-refractivity contribution in [1.82, 2.24) is 5.32 Å². The predicted molar refractivity (Wildman–Crippen MR) is 79.1 cm³/mol. The molecule has 2 aromatic rings. The summed E-state index contributed by atoms with van der Waals surface area (Å²) in [5.41, 5.74) is 0. The number of amides is 1. The molecule has 18 heavy (non-hydrogen) atoms. The Morgan fingerprint density at radius 1 is 1.33 bits per heavy atom. The number of fused-ring (bicyclic) bond motifs is 1. The first-order chi connectivity index (χ1) is 8.74. The van der Waals surface area contributed by atoms with E-state index in [1.165, 1.54) is 15.8 Å². The Hall–Kier alpha value is -0.580. The highest BCUT2D eigenvalue weighted by Gasteiger charge is 2.25. The fourth-order valence-electron chi connectivity index (χ4n) is 2.37. The maximum atomic E-state index is 12.2. The summed E-state index contributed by atoms with van der Waals surface area (Å²) in [6, 6.07) is 4.17. The third kappa shape index (κ3) is 2.42. The molecule has 1 aliphatic rings. The van der Waals surface area contributed by atoms with Gasteiger partial charge in [-0.15, -0.1) is 34.3 Å². The van der Waals surface area contributed by atoms with Gasteiger partial charge in [0.05, 0.1) is 10.3 Å². The zero-order valence-corrected chi connectivity index (χ0v) is 12.2. The monoisotopic (exact) mass is 299 g/mol. The fraction of sp³-hybridized carbons (Fsp3) is 0.462. The number of thiophene rings is 2. The van der Waals surface area contributed by atoms with E-state index in [1.807, 2.05) is 6.07 Å². The van der Waals surface area contributed by atoms with Crippen LogP contribution in [0.25, 0.3) is 9.40 Å². The summed E-state index contributed by atoms with van der Waals surface area (Å²) in [4.78, 5) is 13.0. The molecule has 1 fully saturated rings.